The minimum Gasteiger partial charge on any atom is -0.461 e. The zero-order valence-corrected chi connectivity index (χ0v) is 12.9. The summed E-state index contributed by atoms with van der Waals surface area (Å²) in [5.74, 6) is 0.942. The Bertz CT molecular complexity index is 925. The van der Waals surface area contributed by atoms with Gasteiger partial charge in [0.05, 0.1) is 10.7 Å². The van der Waals surface area contributed by atoms with Gasteiger partial charge in [-0.15, -0.1) is 11.3 Å². The monoisotopic (exact) mass is 306 g/mol. The summed E-state index contributed by atoms with van der Waals surface area (Å²) in [7, 11) is 0. The third kappa shape index (κ3) is 2.42. The first-order valence-corrected chi connectivity index (χ1v) is 8.00. The minimum atomic E-state index is 0.787. The fourth-order valence-corrected chi connectivity index (χ4v) is 3.42. The number of fused-ring (bicyclic) bond motifs is 1. The van der Waals surface area contributed by atoms with Crippen molar-refractivity contribution in [2.24, 2.45) is 0 Å². The van der Waals surface area contributed by atoms with Crippen molar-refractivity contribution in [3.05, 3.63) is 70.5 Å². The van der Waals surface area contributed by atoms with E-state index in [-0.39, 0.29) is 0 Å². The summed E-state index contributed by atoms with van der Waals surface area (Å²) in [5, 5.41) is 4.32. The van der Waals surface area contributed by atoms with Crippen LogP contribution in [0, 0.1) is 6.92 Å². The third-order valence-electron chi connectivity index (χ3n) is 3.60. The molecule has 3 aromatic heterocycles. The zero-order chi connectivity index (χ0) is 14.9. The van der Waals surface area contributed by atoms with Gasteiger partial charge in [0.2, 0.25) is 0 Å². The van der Waals surface area contributed by atoms with Gasteiger partial charge in [0.15, 0.2) is 0 Å². The first-order chi connectivity index (χ1) is 10.8. The SMILES string of the molecule is Cc1cc2cccc(Cc3nc(-c4cccnc4)cs3)c2o1. The molecule has 3 nitrogen and oxygen atoms in total. The van der Waals surface area contributed by atoms with E-state index in [2.05, 4.69) is 34.6 Å². The number of aryl methyl sites for hydroxylation is 1. The van der Waals surface area contributed by atoms with Crippen molar-refractivity contribution in [2.75, 3.05) is 0 Å². The van der Waals surface area contributed by atoms with E-state index in [1.165, 1.54) is 5.56 Å². The molecule has 1 aromatic carbocycles. The Labute approximate surface area is 132 Å². The second-order valence-corrected chi connectivity index (χ2v) is 6.18. The van der Waals surface area contributed by atoms with Gasteiger partial charge in [0, 0.05) is 40.7 Å². The molecule has 22 heavy (non-hydrogen) atoms. The first kappa shape index (κ1) is 13.2. The summed E-state index contributed by atoms with van der Waals surface area (Å²) in [6, 6.07) is 12.3. The molecule has 0 bridgehead atoms. The maximum atomic E-state index is 5.83. The smallest absolute Gasteiger partial charge is 0.137 e. The molecule has 4 rings (SSSR count). The van der Waals surface area contributed by atoms with Crippen LogP contribution in [0.4, 0.5) is 0 Å². The number of furan rings is 1. The number of aromatic nitrogens is 2. The molecule has 0 atom stereocenters. The van der Waals surface area contributed by atoms with Gasteiger partial charge in [-0.25, -0.2) is 4.98 Å². The molecule has 0 amide bonds. The van der Waals surface area contributed by atoms with E-state index in [0.29, 0.717) is 0 Å². The quantitative estimate of drug-likeness (QED) is 0.543. The van der Waals surface area contributed by atoms with Gasteiger partial charge in [0.25, 0.3) is 0 Å². The number of para-hydroxylation sites is 1. The normalized spacial score (nSPS) is 11.1. The van der Waals surface area contributed by atoms with Crippen LogP contribution in [0.5, 0.6) is 0 Å². The van der Waals surface area contributed by atoms with Crippen LogP contribution < -0.4 is 0 Å². The minimum absolute atomic E-state index is 0.787. The summed E-state index contributed by atoms with van der Waals surface area (Å²) in [4.78, 5) is 8.87. The van der Waals surface area contributed by atoms with Crippen molar-refractivity contribution in [3.8, 4) is 11.3 Å². The van der Waals surface area contributed by atoms with Crippen molar-refractivity contribution < 1.29 is 4.42 Å². The predicted molar refractivity (Wildman–Crippen MR) is 89.1 cm³/mol. The summed E-state index contributed by atoms with van der Waals surface area (Å²) >= 11 is 1.67. The Hall–Kier alpha value is -2.46. The van der Waals surface area contributed by atoms with Crippen LogP contribution in [0.3, 0.4) is 0 Å². The van der Waals surface area contributed by atoms with Crippen molar-refractivity contribution in [3.63, 3.8) is 0 Å². The maximum Gasteiger partial charge on any atom is 0.137 e. The van der Waals surface area contributed by atoms with E-state index < -0.39 is 0 Å². The van der Waals surface area contributed by atoms with E-state index in [4.69, 9.17) is 9.40 Å². The number of hydrogen-bond donors (Lipinski definition) is 0. The lowest BCUT2D eigenvalue weighted by Crippen LogP contribution is -1.88. The van der Waals surface area contributed by atoms with Crippen LogP contribution in [-0.2, 0) is 6.42 Å². The van der Waals surface area contributed by atoms with Crippen molar-refractivity contribution in [1.82, 2.24) is 9.97 Å². The molecule has 0 aliphatic heterocycles. The first-order valence-electron chi connectivity index (χ1n) is 7.12. The lowest BCUT2D eigenvalue weighted by Gasteiger charge is -1.99. The van der Waals surface area contributed by atoms with Crippen molar-refractivity contribution >= 4 is 22.3 Å². The van der Waals surface area contributed by atoms with Gasteiger partial charge in [-0.3, -0.25) is 4.98 Å². The van der Waals surface area contributed by atoms with Crippen LogP contribution in [0.2, 0.25) is 0 Å². The fourth-order valence-electron chi connectivity index (χ4n) is 2.59. The molecule has 0 N–H and O–H groups in total. The van der Waals surface area contributed by atoms with Gasteiger partial charge in [-0.1, -0.05) is 18.2 Å². The van der Waals surface area contributed by atoms with Crippen molar-refractivity contribution in [2.45, 2.75) is 13.3 Å². The molecule has 0 spiro atoms. The van der Waals surface area contributed by atoms with Crippen molar-refractivity contribution in [1.29, 1.82) is 0 Å². The van der Waals surface area contributed by atoms with Crippen LogP contribution in [0.15, 0.2) is 58.6 Å². The maximum absolute atomic E-state index is 5.83. The lowest BCUT2D eigenvalue weighted by atomic mass is 10.1. The Morgan fingerprint density at radius 1 is 1.18 bits per heavy atom. The summed E-state index contributed by atoms with van der Waals surface area (Å²) in [6.07, 6.45) is 4.40. The van der Waals surface area contributed by atoms with Crippen LogP contribution in [0.1, 0.15) is 16.3 Å². The fraction of sp³-hybridized carbons (Fsp3) is 0.111. The molecular formula is C18H14N2OS. The second kappa shape index (κ2) is 5.39. The highest BCUT2D eigenvalue weighted by Crippen LogP contribution is 2.27. The lowest BCUT2D eigenvalue weighted by molar-refractivity contribution is 0.575. The van der Waals surface area contributed by atoms with Gasteiger partial charge in [-0.05, 0) is 25.1 Å². The topological polar surface area (TPSA) is 38.9 Å². The number of rotatable bonds is 3. The molecule has 4 aromatic rings. The van der Waals surface area contributed by atoms with E-state index in [1.54, 1.807) is 17.5 Å². The molecule has 0 saturated heterocycles. The predicted octanol–water partition coefficient (Wildman–Crippen LogP) is 4.85. The zero-order valence-electron chi connectivity index (χ0n) is 12.1. The van der Waals surface area contributed by atoms with Gasteiger partial charge >= 0.3 is 0 Å². The second-order valence-electron chi connectivity index (χ2n) is 5.24. The molecule has 0 saturated carbocycles. The summed E-state index contributed by atoms with van der Waals surface area (Å²) < 4.78 is 5.83. The number of thiazole rings is 1. The van der Waals surface area contributed by atoms with Crippen LogP contribution in [-0.4, -0.2) is 9.97 Å². The molecule has 0 aliphatic rings. The molecule has 0 aliphatic carbocycles. The van der Waals surface area contributed by atoms with Gasteiger partial charge in [-0.2, -0.15) is 0 Å². The average Bonchev–Trinajstić information content (AvgIpc) is 3.14. The number of nitrogens with zero attached hydrogens (tertiary/aromatic N) is 2. The molecule has 4 heteroatoms. The highest BCUT2D eigenvalue weighted by molar-refractivity contribution is 7.10. The van der Waals surface area contributed by atoms with Gasteiger partial charge < -0.3 is 4.42 Å². The Morgan fingerprint density at radius 2 is 2.14 bits per heavy atom. The largest absolute Gasteiger partial charge is 0.461 e. The highest BCUT2D eigenvalue weighted by Gasteiger charge is 2.10. The molecule has 108 valence electrons. The number of benzene rings is 1. The van der Waals surface area contributed by atoms with Crippen LogP contribution >= 0.6 is 11.3 Å². The van der Waals surface area contributed by atoms with E-state index in [0.717, 1.165) is 39.4 Å². The van der Waals surface area contributed by atoms with E-state index in [9.17, 15) is 0 Å². The third-order valence-corrected chi connectivity index (χ3v) is 4.45. The Balaban J connectivity index is 1.67. The Kier molecular flexibility index (Phi) is 3.24. The molecular weight excluding hydrogens is 292 g/mol. The standard InChI is InChI=1S/C18H14N2OS/c1-12-8-13-4-2-5-14(18(13)21-12)9-17-20-16(11-22-17)15-6-3-7-19-10-15/h2-8,10-11H,9H2,1H3. The molecule has 3 heterocycles. The molecule has 0 fully saturated rings. The number of pyridine rings is 1. The van der Waals surface area contributed by atoms with Crippen LogP contribution in [0.25, 0.3) is 22.2 Å². The molecule has 0 unspecified atom stereocenters. The average molecular weight is 306 g/mol. The van der Waals surface area contributed by atoms with Gasteiger partial charge in [0.1, 0.15) is 11.3 Å². The van der Waals surface area contributed by atoms with E-state index in [1.807, 2.05) is 25.3 Å². The molecule has 0 radical (unpaired) electrons. The highest BCUT2D eigenvalue weighted by atomic mass is 32.1. The Morgan fingerprint density at radius 3 is 3.00 bits per heavy atom. The van der Waals surface area contributed by atoms with E-state index >= 15 is 0 Å². The summed E-state index contributed by atoms with van der Waals surface area (Å²) in [5.41, 5.74) is 4.18. The number of hydrogen-bond acceptors (Lipinski definition) is 4. The summed E-state index contributed by atoms with van der Waals surface area (Å²) in [6.45, 7) is 1.98.